The first-order valence-electron chi connectivity index (χ1n) is 8.19. The molecule has 4 nitrogen and oxygen atoms in total. The average molecular weight is 367 g/mol. The van der Waals surface area contributed by atoms with E-state index in [9.17, 15) is 4.79 Å². The molecule has 5 heteroatoms. The van der Waals surface area contributed by atoms with E-state index in [2.05, 4.69) is 10.6 Å². The third-order valence-corrected chi connectivity index (χ3v) is 4.30. The number of para-hydroxylation sites is 1. The highest BCUT2D eigenvalue weighted by Crippen LogP contribution is 2.21. The van der Waals surface area contributed by atoms with Gasteiger partial charge in [-0.1, -0.05) is 41.9 Å². The zero-order chi connectivity index (χ0) is 18.4. The highest BCUT2D eigenvalue weighted by atomic mass is 35.5. The van der Waals surface area contributed by atoms with Gasteiger partial charge in [0.05, 0.1) is 12.7 Å². The van der Waals surface area contributed by atoms with Crippen LogP contribution in [-0.2, 0) is 6.54 Å². The Hall–Kier alpha value is -2.98. The molecular weight excluding hydrogens is 348 g/mol. The maximum Gasteiger partial charge on any atom is 0.259 e. The van der Waals surface area contributed by atoms with Gasteiger partial charge in [-0.2, -0.15) is 0 Å². The second-order valence-corrected chi connectivity index (χ2v) is 6.08. The summed E-state index contributed by atoms with van der Waals surface area (Å²) in [7, 11) is 1.55. The first kappa shape index (κ1) is 17.8. The predicted molar refractivity (Wildman–Crippen MR) is 106 cm³/mol. The molecule has 132 valence electrons. The highest BCUT2D eigenvalue weighted by Gasteiger charge is 2.11. The van der Waals surface area contributed by atoms with Gasteiger partial charge in [-0.15, -0.1) is 0 Å². The minimum Gasteiger partial charge on any atom is -0.496 e. The van der Waals surface area contributed by atoms with Crippen LogP contribution < -0.4 is 15.4 Å². The van der Waals surface area contributed by atoms with E-state index in [1.807, 2.05) is 54.6 Å². The Labute approximate surface area is 157 Å². The van der Waals surface area contributed by atoms with E-state index >= 15 is 0 Å². The minimum atomic E-state index is -0.209. The number of hydrogen-bond acceptors (Lipinski definition) is 3. The second kappa shape index (κ2) is 8.41. The maximum atomic E-state index is 12.4. The molecule has 0 bridgehead atoms. The van der Waals surface area contributed by atoms with E-state index in [4.69, 9.17) is 16.3 Å². The lowest BCUT2D eigenvalue weighted by molar-refractivity contribution is 0.102. The summed E-state index contributed by atoms with van der Waals surface area (Å²) in [6.45, 7) is 0.632. The molecule has 1 amide bonds. The fourth-order valence-corrected chi connectivity index (χ4v) is 2.74. The quantitative estimate of drug-likeness (QED) is 0.629. The Morgan fingerprint density at radius 2 is 1.58 bits per heavy atom. The van der Waals surface area contributed by atoms with Crippen LogP contribution in [0.2, 0.25) is 5.02 Å². The molecule has 0 unspecified atom stereocenters. The first-order chi connectivity index (χ1) is 12.7. The topological polar surface area (TPSA) is 50.4 Å². The van der Waals surface area contributed by atoms with Crippen LogP contribution in [0.1, 0.15) is 15.9 Å². The van der Waals surface area contributed by atoms with Crippen LogP contribution in [0.25, 0.3) is 0 Å². The van der Waals surface area contributed by atoms with Crippen LogP contribution in [-0.4, -0.2) is 13.0 Å². The van der Waals surface area contributed by atoms with Crippen molar-refractivity contribution in [3.63, 3.8) is 0 Å². The van der Waals surface area contributed by atoms with Gasteiger partial charge in [-0.25, -0.2) is 0 Å². The molecule has 3 aromatic carbocycles. The van der Waals surface area contributed by atoms with Gasteiger partial charge in [0.2, 0.25) is 0 Å². The predicted octanol–water partition coefficient (Wildman–Crippen LogP) is 5.21. The van der Waals surface area contributed by atoms with E-state index in [-0.39, 0.29) is 5.91 Å². The van der Waals surface area contributed by atoms with E-state index in [0.717, 1.165) is 16.3 Å². The molecule has 0 aliphatic carbocycles. The molecule has 2 N–H and O–H groups in total. The SMILES string of the molecule is COc1ccccc1C(=O)Nc1ccc(NCc2ccccc2Cl)cc1. The van der Waals surface area contributed by atoms with Gasteiger partial charge in [0.15, 0.2) is 0 Å². The van der Waals surface area contributed by atoms with E-state index < -0.39 is 0 Å². The molecule has 0 atom stereocenters. The third-order valence-electron chi connectivity index (χ3n) is 3.94. The molecule has 26 heavy (non-hydrogen) atoms. The average Bonchev–Trinajstić information content (AvgIpc) is 2.68. The highest BCUT2D eigenvalue weighted by molar-refractivity contribution is 6.31. The molecule has 0 radical (unpaired) electrons. The lowest BCUT2D eigenvalue weighted by Gasteiger charge is -2.11. The van der Waals surface area contributed by atoms with E-state index in [1.165, 1.54) is 0 Å². The van der Waals surface area contributed by atoms with Crippen molar-refractivity contribution in [2.24, 2.45) is 0 Å². The third kappa shape index (κ3) is 4.35. The van der Waals surface area contributed by atoms with Gasteiger partial charge in [0.1, 0.15) is 5.75 Å². The summed E-state index contributed by atoms with van der Waals surface area (Å²) >= 11 is 6.16. The van der Waals surface area contributed by atoms with Crippen molar-refractivity contribution in [2.45, 2.75) is 6.54 Å². The second-order valence-electron chi connectivity index (χ2n) is 5.68. The lowest BCUT2D eigenvalue weighted by atomic mass is 10.1. The number of halogens is 1. The first-order valence-corrected chi connectivity index (χ1v) is 8.57. The summed E-state index contributed by atoms with van der Waals surface area (Å²) < 4.78 is 5.23. The molecule has 0 heterocycles. The van der Waals surface area contributed by atoms with Gasteiger partial charge < -0.3 is 15.4 Å². The summed E-state index contributed by atoms with van der Waals surface area (Å²) in [6, 6.07) is 22.4. The lowest BCUT2D eigenvalue weighted by Crippen LogP contribution is -2.13. The smallest absolute Gasteiger partial charge is 0.259 e. The molecule has 0 aliphatic heterocycles. The number of amides is 1. The Morgan fingerprint density at radius 3 is 2.31 bits per heavy atom. The van der Waals surface area contributed by atoms with Crippen molar-refractivity contribution >= 4 is 28.9 Å². The number of hydrogen-bond donors (Lipinski definition) is 2. The molecule has 0 spiro atoms. The number of methoxy groups -OCH3 is 1. The number of nitrogens with one attached hydrogen (secondary N) is 2. The molecule has 3 rings (SSSR count). The maximum absolute atomic E-state index is 12.4. The molecule has 0 aromatic heterocycles. The van der Waals surface area contributed by atoms with Gasteiger partial charge in [-0.3, -0.25) is 4.79 Å². The van der Waals surface area contributed by atoms with Crippen LogP contribution >= 0.6 is 11.6 Å². The van der Waals surface area contributed by atoms with Crippen molar-refractivity contribution < 1.29 is 9.53 Å². The van der Waals surface area contributed by atoms with Crippen molar-refractivity contribution in [2.75, 3.05) is 17.7 Å². The van der Waals surface area contributed by atoms with Crippen molar-refractivity contribution in [3.8, 4) is 5.75 Å². The summed E-state index contributed by atoms with van der Waals surface area (Å²) in [4.78, 5) is 12.4. The van der Waals surface area contributed by atoms with Gasteiger partial charge >= 0.3 is 0 Å². The summed E-state index contributed by atoms with van der Waals surface area (Å²) in [5.74, 6) is 0.335. The van der Waals surface area contributed by atoms with Crippen LogP contribution in [0, 0.1) is 0 Å². The monoisotopic (exact) mass is 366 g/mol. The van der Waals surface area contributed by atoms with Gasteiger partial charge in [0, 0.05) is 22.9 Å². The van der Waals surface area contributed by atoms with Crippen LogP contribution in [0.3, 0.4) is 0 Å². The standard InChI is InChI=1S/C21H19ClN2O2/c1-26-20-9-5-3-7-18(20)21(25)24-17-12-10-16(11-13-17)23-14-15-6-2-4-8-19(15)22/h2-13,23H,14H2,1H3,(H,24,25). The van der Waals surface area contributed by atoms with Crippen LogP contribution in [0.15, 0.2) is 72.8 Å². The summed E-state index contributed by atoms with van der Waals surface area (Å²) in [5.41, 5.74) is 3.18. The Kier molecular flexibility index (Phi) is 5.77. The summed E-state index contributed by atoms with van der Waals surface area (Å²) in [6.07, 6.45) is 0. The fourth-order valence-electron chi connectivity index (χ4n) is 2.54. The molecule has 3 aromatic rings. The number of anilines is 2. The van der Waals surface area contributed by atoms with Crippen molar-refractivity contribution in [1.82, 2.24) is 0 Å². The number of rotatable bonds is 6. The zero-order valence-corrected chi connectivity index (χ0v) is 15.1. The minimum absolute atomic E-state index is 0.209. The zero-order valence-electron chi connectivity index (χ0n) is 14.3. The van der Waals surface area contributed by atoms with Crippen LogP contribution in [0.4, 0.5) is 11.4 Å². The van der Waals surface area contributed by atoms with Gasteiger partial charge in [-0.05, 0) is 48.0 Å². The summed E-state index contributed by atoms with van der Waals surface area (Å²) in [5, 5.41) is 6.93. The fraction of sp³-hybridized carbons (Fsp3) is 0.0952. The molecular formula is C21H19ClN2O2. The van der Waals surface area contributed by atoms with E-state index in [1.54, 1.807) is 25.3 Å². The number of benzene rings is 3. The number of ether oxygens (including phenoxy) is 1. The normalized spacial score (nSPS) is 10.2. The Bertz CT molecular complexity index is 895. The molecule has 0 saturated heterocycles. The van der Waals surface area contributed by atoms with Crippen LogP contribution in [0.5, 0.6) is 5.75 Å². The Balaban J connectivity index is 1.62. The van der Waals surface area contributed by atoms with E-state index in [0.29, 0.717) is 23.5 Å². The molecule has 0 fully saturated rings. The number of carbonyl (C=O) groups excluding carboxylic acids is 1. The largest absolute Gasteiger partial charge is 0.496 e. The molecule has 0 saturated carbocycles. The van der Waals surface area contributed by atoms with Crippen molar-refractivity contribution in [1.29, 1.82) is 0 Å². The van der Waals surface area contributed by atoms with Gasteiger partial charge in [0.25, 0.3) is 5.91 Å². The number of carbonyl (C=O) groups is 1. The van der Waals surface area contributed by atoms with Crippen molar-refractivity contribution in [3.05, 3.63) is 88.9 Å². The molecule has 0 aliphatic rings. The Morgan fingerprint density at radius 1 is 0.923 bits per heavy atom.